The number of rotatable bonds is 10. The highest BCUT2D eigenvalue weighted by Gasteiger charge is 2.43. The van der Waals surface area contributed by atoms with E-state index in [9.17, 15) is 10.2 Å². The van der Waals surface area contributed by atoms with E-state index in [0.29, 0.717) is 24.9 Å². The van der Waals surface area contributed by atoms with Crippen molar-refractivity contribution in [2.45, 2.75) is 44.8 Å². The molecule has 2 N–H and O–H groups in total. The van der Waals surface area contributed by atoms with Crippen LogP contribution in [0.1, 0.15) is 30.4 Å². The highest BCUT2D eigenvalue weighted by molar-refractivity contribution is 5.24. The fraction of sp³-hybridized carbons (Fsp3) is 0.600. The van der Waals surface area contributed by atoms with Gasteiger partial charge in [-0.2, -0.15) is 0 Å². The molecule has 4 nitrogen and oxygen atoms in total. The highest BCUT2D eigenvalue weighted by Crippen LogP contribution is 2.47. The number of hydrogen-bond donors (Lipinski definition) is 2. The molecule has 0 radical (unpaired) electrons. The number of allylic oxidation sites excluding steroid dienone is 1. The lowest BCUT2D eigenvalue weighted by molar-refractivity contribution is 0.132. The topological polar surface area (TPSA) is 52.9 Å². The predicted molar refractivity (Wildman–Crippen MR) is 118 cm³/mol. The van der Waals surface area contributed by atoms with Gasteiger partial charge < -0.3 is 19.8 Å². The van der Waals surface area contributed by atoms with Crippen LogP contribution in [0.15, 0.2) is 48.1 Å². The molecule has 1 saturated carbocycles. The zero-order valence-electron chi connectivity index (χ0n) is 18.1. The van der Waals surface area contributed by atoms with E-state index >= 15 is 0 Å². The lowest BCUT2D eigenvalue weighted by atomic mass is 9.89. The maximum atomic E-state index is 10.5. The molecule has 0 aromatic heterocycles. The van der Waals surface area contributed by atoms with Crippen LogP contribution in [0, 0.1) is 24.7 Å². The standard InChI is InChI=1S/C25H37NO3/c1-18-6-4-7-19(12-18)14-22(27)8-9-23-24-15-20(13-21(24)16-25(23)28)17-29-11-5-10-26(2)3/h4,6-9,12-13,21-25,27-28H,5,10-11,14-17H2,1-3H3/t21-,22+,23+,24-,25+/m0/s1. The van der Waals surface area contributed by atoms with E-state index in [1.54, 1.807) is 0 Å². The lowest BCUT2D eigenvalue weighted by Gasteiger charge is -2.19. The molecule has 4 heteroatoms. The van der Waals surface area contributed by atoms with Crippen molar-refractivity contribution in [2.24, 2.45) is 17.8 Å². The molecule has 3 rings (SSSR count). The minimum absolute atomic E-state index is 0.120. The van der Waals surface area contributed by atoms with E-state index in [1.165, 1.54) is 11.1 Å². The zero-order valence-corrected chi connectivity index (χ0v) is 18.1. The molecule has 5 atom stereocenters. The maximum absolute atomic E-state index is 10.5. The molecule has 29 heavy (non-hydrogen) atoms. The second kappa shape index (κ2) is 10.5. The zero-order chi connectivity index (χ0) is 20.8. The van der Waals surface area contributed by atoms with Crippen molar-refractivity contribution in [3.05, 3.63) is 59.2 Å². The van der Waals surface area contributed by atoms with E-state index < -0.39 is 6.10 Å². The minimum atomic E-state index is -0.517. The Bertz CT molecular complexity index is 712. The van der Waals surface area contributed by atoms with Gasteiger partial charge in [-0.25, -0.2) is 0 Å². The van der Waals surface area contributed by atoms with Gasteiger partial charge in [-0.15, -0.1) is 0 Å². The van der Waals surface area contributed by atoms with Crippen LogP contribution in [0.5, 0.6) is 0 Å². The second-order valence-corrected chi connectivity index (χ2v) is 9.09. The quantitative estimate of drug-likeness (QED) is 0.468. The molecule has 0 heterocycles. The molecule has 2 aliphatic carbocycles. The summed E-state index contributed by atoms with van der Waals surface area (Å²) in [6.07, 6.45) is 8.92. The Hall–Kier alpha value is -1.46. The number of aliphatic hydroxyl groups excluding tert-OH is 2. The second-order valence-electron chi connectivity index (χ2n) is 9.09. The SMILES string of the molecule is Cc1cccc(C[C@H](O)C=C[C@@H]2[C@H]3CC(COCCCN(C)C)=C[C@H]3C[C@H]2O)c1. The molecular formula is C25H37NO3. The van der Waals surface area contributed by atoms with E-state index in [2.05, 4.69) is 56.3 Å². The third kappa shape index (κ3) is 6.51. The maximum Gasteiger partial charge on any atom is 0.0761 e. The predicted octanol–water partition coefficient (Wildman–Crippen LogP) is 3.37. The monoisotopic (exact) mass is 399 g/mol. The van der Waals surface area contributed by atoms with Crippen LogP contribution >= 0.6 is 0 Å². The van der Waals surface area contributed by atoms with Crippen molar-refractivity contribution in [3.8, 4) is 0 Å². The van der Waals surface area contributed by atoms with E-state index in [0.717, 1.165) is 38.0 Å². The highest BCUT2D eigenvalue weighted by atomic mass is 16.5. The normalized spacial score (nSPS) is 27.6. The molecule has 0 saturated heterocycles. The number of ether oxygens (including phenoxy) is 1. The third-order valence-corrected chi connectivity index (χ3v) is 6.21. The number of aliphatic hydroxyl groups is 2. The summed E-state index contributed by atoms with van der Waals surface area (Å²) in [4.78, 5) is 2.17. The fourth-order valence-electron chi connectivity index (χ4n) is 4.80. The number of aryl methyl sites for hydroxylation is 1. The van der Waals surface area contributed by atoms with Gasteiger partial charge in [0.15, 0.2) is 0 Å². The summed E-state index contributed by atoms with van der Waals surface area (Å²) in [6.45, 7) is 4.62. The van der Waals surface area contributed by atoms with Gasteiger partial charge >= 0.3 is 0 Å². The number of hydrogen-bond acceptors (Lipinski definition) is 4. The molecule has 160 valence electrons. The van der Waals surface area contributed by atoms with E-state index in [-0.39, 0.29) is 12.0 Å². The van der Waals surface area contributed by atoms with Gasteiger partial charge in [0.25, 0.3) is 0 Å². The van der Waals surface area contributed by atoms with Crippen LogP contribution < -0.4 is 0 Å². The molecule has 1 aromatic carbocycles. The summed E-state index contributed by atoms with van der Waals surface area (Å²) in [5.41, 5.74) is 3.72. The first-order valence-corrected chi connectivity index (χ1v) is 10.9. The van der Waals surface area contributed by atoms with Crippen molar-refractivity contribution in [1.29, 1.82) is 0 Å². The summed E-state index contributed by atoms with van der Waals surface area (Å²) in [7, 11) is 4.16. The van der Waals surface area contributed by atoms with Crippen LogP contribution in [0.3, 0.4) is 0 Å². The van der Waals surface area contributed by atoms with Crippen molar-refractivity contribution in [1.82, 2.24) is 4.90 Å². The molecule has 0 aliphatic heterocycles. The van der Waals surface area contributed by atoms with Crippen LogP contribution in [-0.2, 0) is 11.2 Å². The first-order valence-electron chi connectivity index (χ1n) is 10.9. The van der Waals surface area contributed by atoms with Crippen molar-refractivity contribution < 1.29 is 14.9 Å². The van der Waals surface area contributed by atoms with Gasteiger partial charge in [0.2, 0.25) is 0 Å². The largest absolute Gasteiger partial charge is 0.392 e. The molecule has 0 bridgehead atoms. The van der Waals surface area contributed by atoms with Gasteiger partial charge in [0.05, 0.1) is 18.8 Å². The fourth-order valence-corrected chi connectivity index (χ4v) is 4.80. The Kier molecular flexibility index (Phi) is 8.07. The van der Waals surface area contributed by atoms with Gasteiger partial charge in [-0.1, -0.05) is 48.1 Å². The van der Waals surface area contributed by atoms with Crippen LogP contribution in [-0.4, -0.2) is 61.2 Å². The van der Waals surface area contributed by atoms with Crippen LogP contribution in [0.25, 0.3) is 0 Å². The van der Waals surface area contributed by atoms with E-state index in [4.69, 9.17) is 4.74 Å². The molecule has 2 aliphatic rings. The van der Waals surface area contributed by atoms with E-state index in [1.807, 2.05) is 12.1 Å². The van der Waals surface area contributed by atoms with Crippen LogP contribution in [0.2, 0.25) is 0 Å². The Morgan fingerprint density at radius 2 is 2.14 bits per heavy atom. The molecule has 1 fully saturated rings. The molecule has 0 unspecified atom stereocenters. The van der Waals surface area contributed by atoms with Crippen molar-refractivity contribution in [3.63, 3.8) is 0 Å². The average Bonchev–Trinajstić information content (AvgIpc) is 3.16. The summed E-state index contributed by atoms with van der Waals surface area (Å²) < 4.78 is 5.85. The first kappa shape index (κ1) is 22.2. The van der Waals surface area contributed by atoms with Gasteiger partial charge in [0.1, 0.15) is 0 Å². The minimum Gasteiger partial charge on any atom is -0.392 e. The number of fused-ring (bicyclic) bond motifs is 1. The van der Waals surface area contributed by atoms with Gasteiger partial charge in [-0.3, -0.25) is 0 Å². The summed E-state index contributed by atoms with van der Waals surface area (Å²) in [5.74, 6) is 0.997. The Balaban J connectivity index is 1.47. The number of nitrogens with zero attached hydrogens (tertiary/aromatic N) is 1. The summed E-state index contributed by atoms with van der Waals surface area (Å²) in [6, 6.07) is 8.26. The van der Waals surface area contributed by atoms with Gasteiger partial charge in [-0.05, 0) is 69.8 Å². The summed E-state index contributed by atoms with van der Waals surface area (Å²) >= 11 is 0. The molecule has 0 amide bonds. The van der Waals surface area contributed by atoms with Crippen molar-refractivity contribution >= 4 is 0 Å². The average molecular weight is 400 g/mol. The molecular weight excluding hydrogens is 362 g/mol. The lowest BCUT2D eigenvalue weighted by Crippen LogP contribution is -2.19. The first-order chi connectivity index (χ1) is 13.9. The Morgan fingerprint density at radius 3 is 2.90 bits per heavy atom. The van der Waals surface area contributed by atoms with Gasteiger partial charge in [0, 0.05) is 18.9 Å². The Labute approximate surface area is 175 Å². The van der Waals surface area contributed by atoms with Crippen LogP contribution in [0.4, 0.5) is 0 Å². The molecule has 1 aromatic rings. The Morgan fingerprint density at radius 1 is 1.31 bits per heavy atom. The van der Waals surface area contributed by atoms with Crippen molar-refractivity contribution in [2.75, 3.05) is 33.9 Å². The summed E-state index contributed by atoms with van der Waals surface area (Å²) in [5, 5.41) is 21.0. The number of benzene rings is 1. The molecule has 0 spiro atoms. The third-order valence-electron chi connectivity index (χ3n) is 6.21. The smallest absolute Gasteiger partial charge is 0.0761 e.